The third kappa shape index (κ3) is 2.83. The van der Waals surface area contributed by atoms with Crippen molar-refractivity contribution in [3.8, 4) is 0 Å². The zero-order valence-electron chi connectivity index (χ0n) is 9.60. The zero-order valence-corrected chi connectivity index (χ0v) is 9.60. The molecule has 0 heterocycles. The van der Waals surface area contributed by atoms with Crippen LogP contribution in [0.25, 0.3) is 0 Å². The van der Waals surface area contributed by atoms with Crippen molar-refractivity contribution in [2.45, 2.75) is 37.7 Å². The molecule has 1 fully saturated rings. The molecule has 0 spiro atoms. The molecule has 1 aromatic carbocycles. The van der Waals surface area contributed by atoms with E-state index in [1.165, 1.54) is 5.56 Å². The lowest BCUT2D eigenvalue weighted by molar-refractivity contribution is 0.117. The number of hydrogen-bond donors (Lipinski definition) is 2. The van der Waals surface area contributed by atoms with Crippen molar-refractivity contribution in [3.05, 3.63) is 35.9 Å². The van der Waals surface area contributed by atoms with Gasteiger partial charge in [0.1, 0.15) is 0 Å². The van der Waals surface area contributed by atoms with Gasteiger partial charge >= 0.3 is 0 Å². The topological polar surface area (TPSA) is 40.5 Å². The van der Waals surface area contributed by atoms with Crippen LogP contribution in [0.5, 0.6) is 0 Å². The molecule has 0 amide bonds. The van der Waals surface area contributed by atoms with Crippen molar-refractivity contribution >= 4 is 0 Å². The van der Waals surface area contributed by atoms with Gasteiger partial charge in [0.25, 0.3) is 0 Å². The minimum absolute atomic E-state index is 0.241. The predicted octanol–water partition coefficient (Wildman–Crippen LogP) is 2.14. The summed E-state index contributed by atoms with van der Waals surface area (Å²) in [6, 6.07) is 10.3. The van der Waals surface area contributed by atoms with Gasteiger partial charge in [0.15, 0.2) is 0 Å². The molecular formula is C14H20O2. The molecule has 88 valence electrons. The molecule has 0 aliphatic heterocycles. The zero-order chi connectivity index (χ0) is 11.4. The van der Waals surface area contributed by atoms with E-state index in [4.69, 9.17) is 5.11 Å². The second-order valence-electron chi connectivity index (χ2n) is 4.86. The second-order valence-corrected chi connectivity index (χ2v) is 4.86. The van der Waals surface area contributed by atoms with Crippen LogP contribution in [0.4, 0.5) is 0 Å². The van der Waals surface area contributed by atoms with Gasteiger partial charge in [-0.05, 0) is 43.6 Å². The Morgan fingerprint density at radius 3 is 2.69 bits per heavy atom. The maximum atomic E-state index is 10.2. The van der Waals surface area contributed by atoms with Gasteiger partial charge in [-0.25, -0.2) is 0 Å². The Balaban J connectivity index is 1.75. The number of rotatable bonds is 6. The molecule has 0 radical (unpaired) electrons. The summed E-state index contributed by atoms with van der Waals surface area (Å²) in [4.78, 5) is 0. The Kier molecular flexibility index (Phi) is 3.62. The molecule has 1 aliphatic carbocycles. The first-order chi connectivity index (χ1) is 7.74. The van der Waals surface area contributed by atoms with E-state index in [2.05, 4.69) is 12.1 Å². The lowest BCUT2D eigenvalue weighted by Crippen LogP contribution is -2.12. The number of aliphatic hydroxyl groups excluding tert-OH is 1. The van der Waals surface area contributed by atoms with E-state index in [-0.39, 0.29) is 6.61 Å². The van der Waals surface area contributed by atoms with Crippen LogP contribution in [-0.2, 0) is 6.42 Å². The summed E-state index contributed by atoms with van der Waals surface area (Å²) >= 11 is 0. The van der Waals surface area contributed by atoms with E-state index >= 15 is 0 Å². The van der Waals surface area contributed by atoms with Crippen LogP contribution in [0.15, 0.2) is 30.3 Å². The molecule has 16 heavy (non-hydrogen) atoms. The van der Waals surface area contributed by atoms with Crippen molar-refractivity contribution in [2.24, 2.45) is 5.92 Å². The normalized spacial score (nSPS) is 28.0. The second kappa shape index (κ2) is 4.98. The van der Waals surface area contributed by atoms with E-state index in [0.29, 0.717) is 5.92 Å². The average Bonchev–Trinajstić information content (AvgIpc) is 2.97. The molecule has 0 unspecified atom stereocenters. The molecule has 2 heteroatoms. The third-order valence-corrected chi connectivity index (χ3v) is 3.60. The van der Waals surface area contributed by atoms with Crippen molar-refractivity contribution in [1.29, 1.82) is 0 Å². The molecule has 0 saturated heterocycles. The highest BCUT2D eigenvalue weighted by Crippen LogP contribution is 2.49. The van der Waals surface area contributed by atoms with Gasteiger partial charge < -0.3 is 10.2 Å². The van der Waals surface area contributed by atoms with E-state index in [0.717, 1.165) is 32.1 Å². The van der Waals surface area contributed by atoms with Crippen molar-refractivity contribution in [2.75, 3.05) is 6.61 Å². The summed E-state index contributed by atoms with van der Waals surface area (Å²) in [5.74, 6) is 0.420. The number of aliphatic hydroxyl groups is 2. The van der Waals surface area contributed by atoms with Crippen LogP contribution in [0, 0.1) is 5.92 Å². The first-order valence-electron chi connectivity index (χ1n) is 6.12. The molecule has 1 saturated carbocycles. The van der Waals surface area contributed by atoms with Crippen molar-refractivity contribution in [3.63, 3.8) is 0 Å². The largest absolute Gasteiger partial charge is 0.396 e. The molecular weight excluding hydrogens is 200 g/mol. The summed E-state index contributed by atoms with van der Waals surface area (Å²) in [5.41, 5.74) is 0.856. The summed E-state index contributed by atoms with van der Waals surface area (Å²) in [7, 11) is 0. The fourth-order valence-corrected chi connectivity index (χ4v) is 2.39. The van der Waals surface area contributed by atoms with Crippen LogP contribution in [0.2, 0.25) is 0 Å². The van der Waals surface area contributed by atoms with Crippen molar-refractivity contribution in [1.82, 2.24) is 0 Å². The van der Waals surface area contributed by atoms with E-state index in [9.17, 15) is 5.11 Å². The van der Waals surface area contributed by atoms with E-state index < -0.39 is 5.60 Å². The molecule has 0 aromatic heterocycles. The van der Waals surface area contributed by atoms with Crippen molar-refractivity contribution < 1.29 is 10.2 Å². The quantitative estimate of drug-likeness (QED) is 0.771. The van der Waals surface area contributed by atoms with Crippen LogP contribution in [-0.4, -0.2) is 22.4 Å². The smallest absolute Gasteiger partial charge is 0.0683 e. The lowest BCUT2D eigenvalue weighted by Gasteiger charge is -2.10. The molecule has 2 rings (SSSR count). The van der Waals surface area contributed by atoms with E-state index in [1.807, 2.05) is 18.2 Å². The van der Waals surface area contributed by atoms with Gasteiger partial charge in [-0.2, -0.15) is 0 Å². The molecule has 2 N–H and O–H groups in total. The lowest BCUT2D eigenvalue weighted by atomic mass is 10.0. The number of aryl methyl sites for hydroxylation is 1. The van der Waals surface area contributed by atoms with Gasteiger partial charge in [-0.15, -0.1) is 0 Å². The molecule has 1 aromatic rings. The number of hydrogen-bond acceptors (Lipinski definition) is 2. The summed E-state index contributed by atoms with van der Waals surface area (Å²) in [6.45, 7) is 0.241. The first kappa shape index (κ1) is 11.6. The predicted molar refractivity (Wildman–Crippen MR) is 64.1 cm³/mol. The van der Waals surface area contributed by atoms with Gasteiger partial charge in [0, 0.05) is 6.61 Å². The number of benzene rings is 1. The molecule has 0 bridgehead atoms. The summed E-state index contributed by atoms with van der Waals surface area (Å²) < 4.78 is 0. The van der Waals surface area contributed by atoms with Crippen LogP contribution >= 0.6 is 0 Å². The SMILES string of the molecule is OCCC[C@H]1C[C@@]1(O)CCc1ccccc1. The third-order valence-electron chi connectivity index (χ3n) is 3.60. The van der Waals surface area contributed by atoms with Gasteiger partial charge in [-0.3, -0.25) is 0 Å². The fourth-order valence-electron chi connectivity index (χ4n) is 2.39. The minimum Gasteiger partial charge on any atom is -0.396 e. The van der Waals surface area contributed by atoms with Gasteiger partial charge in [-0.1, -0.05) is 30.3 Å². The molecule has 1 aliphatic rings. The Morgan fingerprint density at radius 2 is 2.00 bits per heavy atom. The van der Waals surface area contributed by atoms with Crippen LogP contribution in [0.1, 0.15) is 31.2 Å². The molecule has 2 atom stereocenters. The standard InChI is InChI=1S/C14H20O2/c15-10-4-7-13-11-14(13,16)9-8-12-5-2-1-3-6-12/h1-3,5-6,13,15-16H,4,7-11H2/t13-,14-/m0/s1. The molecule has 2 nitrogen and oxygen atoms in total. The maximum absolute atomic E-state index is 10.2. The summed E-state index contributed by atoms with van der Waals surface area (Å²) in [5, 5.41) is 18.9. The average molecular weight is 220 g/mol. The highest BCUT2D eigenvalue weighted by molar-refractivity contribution is 5.16. The minimum atomic E-state index is -0.439. The first-order valence-corrected chi connectivity index (χ1v) is 6.12. The Labute approximate surface area is 96.9 Å². The van der Waals surface area contributed by atoms with Crippen LogP contribution < -0.4 is 0 Å². The summed E-state index contributed by atoms with van der Waals surface area (Å²) in [6.07, 6.45) is 4.50. The highest BCUT2D eigenvalue weighted by atomic mass is 16.3. The highest BCUT2D eigenvalue weighted by Gasteiger charge is 2.51. The van der Waals surface area contributed by atoms with Gasteiger partial charge in [0.2, 0.25) is 0 Å². The Morgan fingerprint density at radius 1 is 1.25 bits per heavy atom. The van der Waals surface area contributed by atoms with Gasteiger partial charge in [0.05, 0.1) is 5.60 Å². The Hall–Kier alpha value is -0.860. The van der Waals surface area contributed by atoms with E-state index in [1.54, 1.807) is 0 Å². The Bertz CT molecular complexity index is 323. The fraction of sp³-hybridized carbons (Fsp3) is 0.571. The maximum Gasteiger partial charge on any atom is 0.0683 e. The monoisotopic (exact) mass is 220 g/mol. The van der Waals surface area contributed by atoms with Crippen LogP contribution in [0.3, 0.4) is 0 Å².